The molecule has 1 N–H and O–H groups in total. The molecular formula is C29H40BNO2. The zero-order valence-electron chi connectivity index (χ0n) is 22.0. The Morgan fingerprint density at radius 3 is 1.97 bits per heavy atom. The van der Waals surface area contributed by atoms with Gasteiger partial charge in [-0.2, -0.15) is 0 Å². The first-order chi connectivity index (χ1) is 15.2. The van der Waals surface area contributed by atoms with E-state index in [0.717, 1.165) is 5.47 Å². The van der Waals surface area contributed by atoms with E-state index in [4.69, 9.17) is 14.7 Å². The molecule has 5 rings (SSSR count). The lowest BCUT2D eigenvalue weighted by Crippen LogP contribution is -2.41. The van der Waals surface area contributed by atoms with E-state index in [0.29, 0.717) is 5.92 Å². The van der Waals surface area contributed by atoms with Crippen molar-refractivity contribution in [3.05, 3.63) is 57.6 Å². The van der Waals surface area contributed by atoms with Crippen molar-refractivity contribution in [3.63, 3.8) is 0 Å². The fourth-order valence-corrected chi connectivity index (χ4v) is 6.11. The molecule has 1 aliphatic heterocycles. The first-order valence-corrected chi connectivity index (χ1v) is 12.6. The number of fused-ring (bicyclic) bond motifs is 2. The van der Waals surface area contributed by atoms with E-state index >= 15 is 0 Å². The molecular weight excluding hydrogens is 405 g/mol. The van der Waals surface area contributed by atoms with Crippen LogP contribution in [0.1, 0.15) is 96.9 Å². The fourth-order valence-electron chi connectivity index (χ4n) is 6.11. The molecule has 2 unspecified atom stereocenters. The Bertz CT molecular complexity index is 1090. The average Bonchev–Trinajstić information content (AvgIpc) is 3.55. The van der Waals surface area contributed by atoms with Gasteiger partial charge >= 0.3 is 7.12 Å². The van der Waals surface area contributed by atoms with Crippen LogP contribution in [0.4, 0.5) is 0 Å². The first-order valence-electron chi connectivity index (χ1n) is 12.6. The van der Waals surface area contributed by atoms with Crippen LogP contribution < -0.4 is 0 Å². The lowest BCUT2D eigenvalue weighted by atomic mass is 9.62. The number of aryl methyl sites for hydroxylation is 1. The van der Waals surface area contributed by atoms with Crippen LogP contribution in [0.3, 0.4) is 0 Å². The minimum absolute atomic E-state index is 0.232. The molecule has 0 aromatic heterocycles. The highest BCUT2D eigenvalue weighted by Gasteiger charge is 2.75. The molecule has 2 atom stereocenters. The van der Waals surface area contributed by atoms with Gasteiger partial charge in [0.1, 0.15) is 0 Å². The van der Waals surface area contributed by atoms with Gasteiger partial charge in [0.15, 0.2) is 0 Å². The number of hydrogen-bond donors (Lipinski definition) is 1. The highest BCUT2D eigenvalue weighted by atomic mass is 16.7. The SMILES string of the molecule is Cc1cc2c(cc1C13CC1C3=C/C=C(\C=N)B1OC(C)(C)C(C)(C)O1)C(C)(C)CCC2(C)C. The van der Waals surface area contributed by atoms with Crippen molar-refractivity contribution in [1.29, 1.82) is 5.41 Å². The smallest absolute Gasteiger partial charge is 0.399 e. The molecule has 2 saturated carbocycles. The second kappa shape index (κ2) is 6.73. The Balaban J connectivity index is 1.45. The topological polar surface area (TPSA) is 42.3 Å². The molecule has 3 fully saturated rings. The number of rotatable bonds is 4. The summed E-state index contributed by atoms with van der Waals surface area (Å²) in [6, 6.07) is 5.05. The number of nitrogens with one attached hydrogen (secondary N) is 1. The summed E-state index contributed by atoms with van der Waals surface area (Å²) < 4.78 is 12.3. The zero-order chi connectivity index (χ0) is 24.2. The lowest BCUT2D eigenvalue weighted by Gasteiger charge is -2.42. The van der Waals surface area contributed by atoms with E-state index in [1.54, 1.807) is 11.1 Å². The molecule has 1 aromatic rings. The van der Waals surface area contributed by atoms with Gasteiger partial charge in [-0.3, -0.25) is 0 Å². The van der Waals surface area contributed by atoms with Gasteiger partial charge in [-0.05, 0) is 98.4 Å². The van der Waals surface area contributed by atoms with Crippen LogP contribution in [0.2, 0.25) is 0 Å². The molecule has 3 aliphatic carbocycles. The minimum Gasteiger partial charge on any atom is -0.399 e. The Labute approximate surface area is 200 Å². The fraction of sp³-hybridized carbons (Fsp3) is 0.621. The highest BCUT2D eigenvalue weighted by Crippen LogP contribution is 2.80. The van der Waals surface area contributed by atoms with Gasteiger partial charge in [0.05, 0.1) is 11.2 Å². The highest BCUT2D eigenvalue weighted by molar-refractivity contribution is 6.60. The van der Waals surface area contributed by atoms with Crippen LogP contribution in [-0.2, 0) is 25.6 Å². The molecule has 0 radical (unpaired) electrons. The molecule has 4 heteroatoms. The normalized spacial score (nSPS) is 33.5. The monoisotopic (exact) mass is 445 g/mol. The number of benzene rings is 1. The summed E-state index contributed by atoms with van der Waals surface area (Å²) in [4.78, 5) is 0. The van der Waals surface area contributed by atoms with E-state index in [1.807, 2.05) is 0 Å². The predicted molar refractivity (Wildman–Crippen MR) is 137 cm³/mol. The van der Waals surface area contributed by atoms with Crippen molar-refractivity contribution in [2.45, 2.75) is 109 Å². The van der Waals surface area contributed by atoms with Gasteiger partial charge in [0.2, 0.25) is 0 Å². The van der Waals surface area contributed by atoms with E-state index in [-0.39, 0.29) is 16.2 Å². The average molecular weight is 445 g/mol. The van der Waals surface area contributed by atoms with Crippen molar-refractivity contribution in [2.24, 2.45) is 5.92 Å². The van der Waals surface area contributed by atoms with Crippen LogP contribution in [-0.4, -0.2) is 24.5 Å². The molecule has 1 aromatic carbocycles. The third-order valence-corrected chi connectivity index (χ3v) is 9.59. The minimum atomic E-state index is -0.483. The zero-order valence-corrected chi connectivity index (χ0v) is 22.0. The van der Waals surface area contributed by atoms with Gasteiger partial charge in [-0.15, -0.1) is 0 Å². The maximum absolute atomic E-state index is 7.96. The molecule has 3 nitrogen and oxygen atoms in total. The first kappa shape index (κ1) is 23.1. The lowest BCUT2D eigenvalue weighted by molar-refractivity contribution is 0.00578. The van der Waals surface area contributed by atoms with Gasteiger partial charge in [0.25, 0.3) is 0 Å². The Hall–Kier alpha value is -1.65. The molecule has 4 aliphatic rings. The van der Waals surface area contributed by atoms with E-state index < -0.39 is 18.3 Å². The summed E-state index contributed by atoms with van der Waals surface area (Å²) in [7, 11) is -0.483. The molecule has 1 saturated heterocycles. The van der Waals surface area contributed by atoms with Gasteiger partial charge in [-0.25, -0.2) is 0 Å². The quantitative estimate of drug-likeness (QED) is 0.412. The maximum atomic E-state index is 7.96. The van der Waals surface area contributed by atoms with E-state index in [1.165, 1.54) is 42.2 Å². The van der Waals surface area contributed by atoms with E-state index in [9.17, 15) is 0 Å². The third kappa shape index (κ3) is 3.27. The van der Waals surface area contributed by atoms with Crippen LogP contribution in [0, 0.1) is 18.3 Å². The van der Waals surface area contributed by atoms with Crippen LogP contribution in [0.15, 0.2) is 35.3 Å². The molecule has 0 bridgehead atoms. The maximum Gasteiger partial charge on any atom is 0.496 e. The Morgan fingerprint density at radius 1 is 0.909 bits per heavy atom. The van der Waals surface area contributed by atoms with Gasteiger partial charge in [-0.1, -0.05) is 57.6 Å². The molecule has 1 heterocycles. The second-order valence-corrected chi connectivity index (χ2v) is 13.2. The summed E-state index contributed by atoms with van der Waals surface area (Å²) in [6.07, 6.45) is 9.43. The second-order valence-electron chi connectivity index (χ2n) is 13.2. The molecule has 176 valence electrons. The Morgan fingerprint density at radius 2 is 1.45 bits per heavy atom. The van der Waals surface area contributed by atoms with Crippen molar-refractivity contribution in [1.82, 2.24) is 0 Å². The van der Waals surface area contributed by atoms with Crippen LogP contribution >= 0.6 is 0 Å². The Kier molecular flexibility index (Phi) is 4.71. The summed E-state index contributed by atoms with van der Waals surface area (Å²) in [5.74, 6) is 0.662. The number of allylic oxidation sites excluding steroid dienone is 4. The largest absolute Gasteiger partial charge is 0.496 e. The van der Waals surface area contributed by atoms with Crippen LogP contribution in [0.5, 0.6) is 0 Å². The van der Waals surface area contributed by atoms with Crippen molar-refractivity contribution in [3.8, 4) is 0 Å². The van der Waals surface area contributed by atoms with Crippen molar-refractivity contribution < 1.29 is 9.31 Å². The third-order valence-electron chi connectivity index (χ3n) is 9.59. The van der Waals surface area contributed by atoms with Crippen LogP contribution in [0.25, 0.3) is 0 Å². The number of hydrogen-bond acceptors (Lipinski definition) is 3. The molecule has 33 heavy (non-hydrogen) atoms. The molecule has 0 spiro atoms. The summed E-state index contributed by atoms with van der Waals surface area (Å²) in [5, 5.41) is 7.96. The van der Waals surface area contributed by atoms with Gasteiger partial charge < -0.3 is 14.7 Å². The standard InChI is InChI=1S/C29H40BNO2/c1-18-14-22-23(26(4,5)13-12-25(22,2)3)15-21(18)29-16-24(29)20(29)11-10-19(17-31)30-32-27(6,7)28(8,9)33-30/h10-11,14-15,17,24,31H,12-13,16H2,1-9H3/b19-10+,20-11?,31-17?. The van der Waals surface area contributed by atoms with E-state index in [2.05, 4.69) is 86.6 Å². The van der Waals surface area contributed by atoms with Crippen molar-refractivity contribution in [2.75, 3.05) is 0 Å². The summed E-state index contributed by atoms with van der Waals surface area (Å²) in [5.41, 5.74) is 8.30. The van der Waals surface area contributed by atoms with Crippen molar-refractivity contribution >= 4 is 13.3 Å². The summed E-state index contributed by atoms with van der Waals surface area (Å²) in [6.45, 7) is 20.2. The molecule has 0 amide bonds. The van der Waals surface area contributed by atoms with Gasteiger partial charge in [0, 0.05) is 11.6 Å². The predicted octanol–water partition coefficient (Wildman–Crippen LogP) is 6.75. The summed E-state index contributed by atoms with van der Waals surface area (Å²) >= 11 is 0.